The van der Waals surface area contributed by atoms with Crippen molar-refractivity contribution in [1.29, 1.82) is 0 Å². The van der Waals surface area contributed by atoms with E-state index in [-0.39, 0.29) is 11.9 Å². The minimum absolute atomic E-state index is 0.0731. The summed E-state index contributed by atoms with van der Waals surface area (Å²) in [4.78, 5) is 20.7. The van der Waals surface area contributed by atoms with E-state index < -0.39 is 0 Å². The molecule has 0 bridgehead atoms. The van der Waals surface area contributed by atoms with Gasteiger partial charge in [0.15, 0.2) is 5.65 Å². The molecule has 1 N–H and O–H groups in total. The smallest absolute Gasteiger partial charge is 0.271 e. The fourth-order valence-corrected chi connectivity index (χ4v) is 2.61. The lowest BCUT2D eigenvalue weighted by Gasteiger charge is -2.16. The van der Waals surface area contributed by atoms with Gasteiger partial charge in [-0.3, -0.25) is 9.78 Å². The zero-order valence-electron chi connectivity index (χ0n) is 12.9. The summed E-state index contributed by atoms with van der Waals surface area (Å²) in [5.41, 5.74) is 4.56. The van der Waals surface area contributed by atoms with E-state index in [9.17, 15) is 4.79 Å². The van der Waals surface area contributed by atoms with E-state index in [2.05, 4.69) is 47.3 Å². The normalized spacial score (nSPS) is 12.3. The van der Waals surface area contributed by atoms with Crippen LogP contribution < -0.4 is 5.32 Å². The Morgan fingerprint density at radius 2 is 2.14 bits per heavy atom. The third-order valence-electron chi connectivity index (χ3n) is 3.74. The molecule has 0 aliphatic heterocycles. The van der Waals surface area contributed by atoms with E-state index in [0.717, 1.165) is 5.56 Å². The van der Waals surface area contributed by atoms with Crippen LogP contribution in [0.5, 0.6) is 0 Å². The highest BCUT2D eigenvalue weighted by Gasteiger charge is 2.15. The molecule has 1 atom stereocenters. The predicted octanol–water partition coefficient (Wildman–Crippen LogP) is 2.84. The Balaban J connectivity index is 1.81. The predicted molar refractivity (Wildman–Crippen MR) is 84.8 cm³/mol. The van der Waals surface area contributed by atoms with Crippen LogP contribution in [0, 0.1) is 13.8 Å². The zero-order valence-corrected chi connectivity index (χ0v) is 12.9. The summed E-state index contributed by atoms with van der Waals surface area (Å²) >= 11 is 0. The third kappa shape index (κ3) is 2.70. The number of benzene rings is 1. The second-order valence-electron chi connectivity index (χ2n) is 5.52. The van der Waals surface area contributed by atoms with Crippen LogP contribution in [-0.2, 0) is 0 Å². The van der Waals surface area contributed by atoms with Crippen molar-refractivity contribution in [2.24, 2.45) is 0 Å². The average Bonchev–Trinajstić information content (AvgIpc) is 2.91. The number of aryl methyl sites for hydroxylation is 2. The molecule has 2 heterocycles. The molecule has 22 heavy (non-hydrogen) atoms. The van der Waals surface area contributed by atoms with E-state index >= 15 is 0 Å². The number of carbonyl (C=O) groups is 1. The number of hydrogen-bond donors (Lipinski definition) is 1. The number of rotatable bonds is 3. The fraction of sp³-hybridized carbons (Fsp3) is 0.235. The van der Waals surface area contributed by atoms with Gasteiger partial charge in [-0.2, -0.15) is 0 Å². The summed E-state index contributed by atoms with van der Waals surface area (Å²) in [5, 5.41) is 3.00. The Morgan fingerprint density at radius 3 is 2.86 bits per heavy atom. The lowest BCUT2D eigenvalue weighted by atomic mass is 10.0. The number of nitrogens with zero attached hydrogens (tertiary/aromatic N) is 3. The molecule has 0 fully saturated rings. The summed E-state index contributed by atoms with van der Waals surface area (Å²) in [6, 6.07) is 6.16. The maximum atomic E-state index is 12.4. The molecule has 0 aliphatic rings. The Morgan fingerprint density at radius 1 is 1.32 bits per heavy atom. The molecule has 2 aromatic heterocycles. The van der Waals surface area contributed by atoms with Gasteiger partial charge in [0.2, 0.25) is 0 Å². The van der Waals surface area contributed by atoms with Crippen molar-refractivity contribution < 1.29 is 4.79 Å². The minimum Gasteiger partial charge on any atom is -0.344 e. The monoisotopic (exact) mass is 294 g/mol. The van der Waals surface area contributed by atoms with E-state index in [1.807, 2.05) is 6.92 Å². The molecule has 1 aromatic carbocycles. The summed E-state index contributed by atoms with van der Waals surface area (Å²) in [5.74, 6) is -0.184. The van der Waals surface area contributed by atoms with Gasteiger partial charge < -0.3 is 9.72 Å². The topological polar surface area (TPSA) is 59.3 Å². The van der Waals surface area contributed by atoms with Gasteiger partial charge in [-0.05, 0) is 31.9 Å². The number of nitrogens with one attached hydrogen (secondary N) is 1. The number of hydrogen-bond acceptors (Lipinski definition) is 3. The number of imidazole rings is 1. The Bertz CT molecular complexity index is 805. The van der Waals surface area contributed by atoms with Gasteiger partial charge in [0.25, 0.3) is 5.91 Å². The summed E-state index contributed by atoms with van der Waals surface area (Å²) < 4.78 is 1.78. The van der Waals surface area contributed by atoms with E-state index in [1.165, 1.54) is 11.1 Å². The molecular weight excluding hydrogens is 276 g/mol. The molecule has 3 aromatic rings. The zero-order chi connectivity index (χ0) is 15.7. The fourth-order valence-electron chi connectivity index (χ4n) is 2.61. The van der Waals surface area contributed by atoms with E-state index in [0.29, 0.717) is 11.3 Å². The van der Waals surface area contributed by atoms with E-state index in [1.54, 1.807) is 29.2 Å². The van der Waals surface area contributed by atoms with Gasteiger partial charge in [-0.15, -0.1) is 0 Å². The molecule has 5 heteroatoms. The minimum atomic E-state index is -0.184. The molecule has 112 valence electrons. The molecule has 0 saturated heterocycles. The number of amides is 1. The number of fused-ring (bicyclic) bond motifs is 1. The number of aromatic nitrogens is 3. The van der Waals surface area contributed by atoms with Crippen LogP contribution in [0.3, 0.4) is 0 Å². The Hall–Kier alpha value is -2.69. The summed E-state index contributed by atoms with van der Waals surface area (Å²) in [7, 11) is 0. The van der Waals surface area contributed by atoms with Gasteiger partial charge in [0.1, 0.15) is 5.69 Å². The van der Waals surface area contributed by atoms with Crippen LogP contribution in [-0.4, -0.2) is 20.3 Å². The molecule has 5 nitrogen and oxygen atoms in total. The summed E-state index contributed by atoms with van der Waals surface area (Å²) in [6.45, 7) is 6.10. The van der Waals surface area contributed by atoms with Crippen molar-refractivity contribution in [3.63, 3.8) is 0 Å². The third-order valence-corrected chi connectivity index (χ3v) is 3.74. The van der Waals surface area contributed by atoms with Crippen LogP contribution in [0.2, 0.25) is 0 Å². The van der Waals surface area contributed by atoms with Crippen LogP contribution in [0.1, 0.15) is 40.1 Å². The standard InChI is InChI=1S/C17H18N4O/c1-11-4-5-14(12(2)8-11)13(3)19-17(22)15-10-21-7-6-18-9-16(21)20-15/h4-10,13H,1-3H3,(H,19,22). The second kappa shape index (κ2) is 5.60. The highest BCUT2D eigenvalue weighted by molar-refractivity contribution is 5.93. The van der Waals surface area contributed by atoms with Gasteiger partial charge >= 0.3 is 0 Å². The van der Waals surface area contributed by atoms with E-state index in [4.69, 9.17) is 0 Å². The summed E-state index contributed by atoms with van der Waals surface area (Å²) in [6.07, 6.45) is 6.77. The molecule has 0 aliphatic carbocycles. The van der Waals surface area contributed by atoms with Crippen LogP contribution >= 0.6 is 0 Å². The molecule has 1 amide bonds. The van der Waals surface area contributed by atoms with Gasteiger partial charge in [-0.25, -0.2) is 4.98 Å². The molecular formula is C17H18N4O. The highest BCUT2D eigenvalue weighted by Crippen LogP contribution is 2.19. The quantitative estimate of drug-likeness (QED) is 0.808. The SMILES string of the molecule is Cc1ccc(C(C)NC(=O)c2cn3ccncc3n2)c(C)c1. The van der Waals surface area contributed by atoms with Gasteiger partial charge in [0, 0.05) is 18.6 Å². The Labute approximate surface area is 129 Å². The lowest BCUT2D eigenvalue weighted by molar-refractivity contribution is 0.0935. The highest BCUT2D eigenvalue weighted by atomic mass is 16.1. The van der Waals surface area contributed by atoms with Crippen molar-refractivity contribution in [3.8, 4) is 0 Å². The van der Waals surface area contributed by atoms with Crippen molar-refractivity contribution >= 4 is 11.6 Å². The average molecular weight is 294 g/mol. The molecule has 0 spiro atoms. The largest absolute Gasteiger partial charge is 0.344 e. The van der Waals surface area contributed by atoms with Crippen LogP contribution in [0.25, 0.3) is 5.65 Å². The van der Waals surface area contributed by atoms with Crippen molar-refractivity contribution in [2.45, 2.75) is 26.8 Å². The van der Waals surface area contributed by atoms with Gasteiger partial charge in [-0.1, -0.05) is 23.8 Å². The number of carbonyl (C=O) groups excluding carboxylic acids is 1. The first-order valence-electron chi connectivity index (χ1n) is 7.21. The molecule has 0 saturated carbocycles. The van der Waals surface area contributed by atoms with Crippen molar-refractivity contribution in [3.05, 3.63) is 65.4 Å². The molecule has 3 rings (SSSR count). The lowest BCUT2D eigenvalue weighted by Crippen LogP contribution is -2.27. The molecule has 1 unspecified atom stereocenters. The van der Waals surface area contributed by atoms with Crippen LogP contribution in [0.15, 0.2) is 43.0 Å². The second-order valence-corrected chi connectivity index (χ2v) is 5.52. The molecule has 0 radical (unpaired) electrons. The first-order chi connectivity index (χ1) is 10.5. The first kappa shape index (κ1) is 14.3. The maximum Gasteiger partial charge on any atom is 0.271 e. The van der Waals surface area contributed by atoms with Crippen LogP contribution in [0.4, 0.5) is 0 Å². The van der Waals surface area contributed by atoms with Crippen molar-refractivity contribution in [2.75, 3.05) is 0 Å². The Kier molecular flexibility index (Phi) is 3.63. The van der Waals surface area contributed by atoms with Gasteiger partial charge in [0.05, 0.1) is 12.2 Å². The first-order valence-corrected chi connectivity index (χ1v) is 7.21. The van der Waals surface area contributed by atoms with Crippen molar-refractivity contribution in [1.82, 2.24) is 19.7 Å². The maximum absolute atomic E-state index is 12.4.